The van der Waals surface area contributed by atoms with E-state index >= 15 is 0 Å². The summed E-state index contributed by atoms with van der Waals surface area (Å²) in [6.45, 7) is 5.57. The van der Waals surface area contributed by atoms with Gasteiger partial charge in [-0.3, -0.25) is 0 Å². The first-order valence-corrected chi connectivity index (χ1v) is 15.4. The number of furan rings is 1. The number of nitriles is 1. The molecule has 1 saturated carbocycles. The lowest BCUT2D eigenvalue weighted by atomic mass is 9.94. The third-order valence-electron chi connectivity index (χ3n) is 8.59. The quantitative estimate of drug-likeness (QED) is 0.309. The Morgan fingerprint density at radius 1 is 1.05 bits per heavy atom. The van der Waals surface area contributed by atoms with Gasteiger partial charge in [0.1, 0.15) is 41.5 Å². The molecule has 0 amide bonds. The van der Waals surface area contributed by atoms with Crippen molar-refractivity contribution >= 4 is 32.6 Å². The second kappa shape index (κ2) is 10.8. The van der Waals surface area contributed by atoms with E-state index in [0.29, 0.717) is 5.76 Å². The van der Waals surface area contributed by atoms with Gasteiger partial charge in [-0.15, -0.1) is 0 Å². The van der Waals surface area contributed by atoms with E-state index in [0.717, 1.165) is 48.6 Å². The summed E-state index contributed by atoms with van der Waals surface area (Å²) in [5, 5.41) is 42.4. The number of aliphatic hydroxyl groups excluding tert-OH is 3. The average Bonchev–Trinajstić information content (AvgIpc) is 3.42. The van der Waals surface area contributed by atoms with Crippen LogP contribution in [0.4, 0.5) is 5.69 Å². The Bertz CT molecular complexity index is 1670. The number of ether oxygens (including phenoxy) is 1. The van der Waals surface area contributed by atoms with Crippen molar-refractivity contribution in [2.24, 2.45) is 0 Å². The molecule has 3 fully saturated rings. The first-order chi connectivity index (χ1) is 20.0. The van der Waals surface area contributed by atoms with Gasteiger partial charge < -0.3 is 34.3 Å². The number of piperazine rings is 1. The number of rotatable bonds is 6. The SMILES string of the molecule is CC1OC2(C[C@@H]2NS(=O)(=O)/C(C#N)=C/c2ccc(-c3ccc4cc(N5CCN(C)CC5)ccc4c3)o2)[C@@H](O)[C@H](O)[C@H]1O. The zero-order chi connectivity index (χ0) is 29.8. The first kappa shape index (κ1) is 28.8. The standard InChI is InChI=1S/C30H34N4O7S/c1-18-27(35)28(36)29(37)30(41-18)16-26(30)32-42(38,39)24(17-31)15-23-7-8-25(40-23)21-4-3-20-14-22(6-5-19(20)13-21)34-11-9-33(2)10-12-34/h3-8,13-15,18,26-29,32,35-37H,9-12,16H2,1-2H3/b24-15+/t18?,26-,27-,28+,29-,30?/m0/s1. The number of aliphatic hydroxyl groups is 3. The Balaban J connectivity index is 1.17. The van der Waals surface area contributed by atoms with Gasteiger partial charge in [0.05, 0.1) is 12.1 Å². The number of likely N-dealkylation sites (N-methyl/N-ethyl adjacent to an activating group) is 1. The van der Waals surface area contributed by atoms with E-state index < -0.39 is 51.0 Å². The minimum atomic E-state index is -4.31. The molecule has 0 radical (unpaired) electrons. The first-order valence-electron chi connectivity index (χ1n) is 13.9. The van der Waals surface area contributed by atoms with E-state index in [4.69, 9.17) is 9.15 Å². The van der Waals surface area contributed by atoms with Crippen LogP contribution < -0.4 is 9.62 Å². The highest BCUT2D eigenvalue weighted by atomic mass is 32.2. The van der Waals surface area contributed by atoms with Crippen molar-refractivity contribution in [1.29, 1.82) is 5.26 Å². The van der Waals surface area contributed by atoms with Gasteiger partial charge in [-0.1, -0.05) is 18.2 Å². The zero-order valence-electron chi connectivity index (χ0n) is 23.3. The van der Waals surface area contributed by atoms with Gasteiger partial charge in [-0.2, -0.15) is 5.26 Å². The molecule has 3 aliphatic rings. The maximum atomic E-state index is 13.1. The van der Waals surface area contributed by atoms with Gasteiger partial charge in [-0.25, -0.2) is 13.1 Å². The Morgan fingerprint density at radius 3 is 2.50 bits per heavy atom. The van der Waals surface area contributed by atoms with Gasteiger partial charge >= 0.3 is 0 Å². The maximum absolute atomic E-state index is 13.1. The van der Waals surface area contributed by atoms with Crippen molar-refractivity contribution in [3.63, 3.8) is 0 Å². The summed E-state index contributed by atoms with van der Waals surface area (Å²) in [5.41, 5.74) is 0.634. The molecule has 11 nitrogen and oxygen atoms in total. The molecule has 42 heavy (non-hydrogen) atoms. The number of anilines is 1. The summed E-state index contributed by atoms with van der Waals surface area (Å²) >= 11 is 0. The smallest absolute Gasteiger partial charge is 0.251 e. The largest absolute Gasteiger partial charge is 0.457 e. The van der Waals surface area contributed by atoms with Crippen LogP contribution in [0.5, 0.6) is 0 Å². The van der Waals surface area contributed by atoms with Crippen LogP contribution in [-0.4, -0.2) is 97.9 Å². The van der Waals surface area contributed by atoms with Crippen molar-refractivity contribution in [2.45, 2.75) is 49.4 Å². The van der Waals surface area contributed by atoms with E-state index in [9.17, 15) is 29.0 Å². The lowest BCUT2D eigenvalue weighted by Crippen LogP contribution is -2.60. The summed E-state index contributed by atoms with van der Waals surface area (Å²) < 4.78 is 40.1. The maximum Gasteiger partial charge on any atom is 0.251 e. The van der Waals surface area contributed by atoms with Gasteiger partial charge in [0.2, 0.25) is 0 Å². The highest BCUT2D eigenvalue weighted by Crippen LogP contribution is 2.49. The molecule has 2 unspecified atom stereocenters. The van der Waals surface area contributed by atoms with Crippen LogP contribution in [0.15, 0.2) is 57.9 Å². The van der Waals surface area contributed by atoms with Crippen LogP contribution in [0.2, 0.25) is 0 Å². The van der Waals surface area contributed by atoms with Gasteiger partial charge in [0.15, 0.2) is 4.91 Å². The predicted octanol–water partition coefficient (Wildman–Crippen LogP) is 1.65. The number of benzene rings is 2. The molecule has 222 valence electrons. The molecule has 1 aromatic heterocycles. The number of fused-ring (bicyclic) bond motifs is 1. The van der Waals surface area contributed by atoms with Crippen molar-refractivity contribution in [2.75, 3.05) is 38.1 Å². The Morgan fingerprint density at radius 2 is 1.76 bits per heavy atom. The van der Waals surface area contributed by atoms with Crippen LogP contribution in [0.1, 0.15) is 19.1 Å². The fourth-order valence-electron chi connectivity index (χ4n) is 5.88. The Hall–Kier alpha value is -3.28. The van der Waals surface area contributed by atoms with Crippen LogP contribution in [0.3, 0.4) is 0 Å². The van der Waals surface area contributed by atoms with Crippen molar-refractivity contribution in [3.05, 3.63) is 59.2 Å². The number of allylic oxidation sites excluding steroid dienone is 1. The van der Waals surface area contributed by atoms with Crippen LogP contribution in [0.25, 0.3) is 28.2 Å². The molecule has 3 heterocycles. The molecule has 1 aliphatic carbocycles. The number of sulfonamides is 1. The molecule has 4 N–H and O–H groups in total. The molecule has 2 saturated heterocycles. The summed E-state index contributed by atoms with van der Waals surface area (Å²) in [4.78, 5) is 4.14. The van der Waals surface area contributed by atoms with Crippen LogP contribution in [-0.2, 0) is 14.8 Å². The minimum Gasteiger partial charge on any atom is -0.457 e. The van der Waals surface area contributed by atoms with E-state index in [1.165, 1.54) is 12.6 Å². The second-order valence-corrected chi connectivity index (χ2v) is 13.1. The second-order valence-electron chi connectivity index (χ2n) is 11.4. The lowest BCUT2D eigenvalue weighted by Gasteiger charge is -2.40. The van der Waals surface area contributed by atoms with Gasteiger partial charge in [-0.05, 0) is 61.5 Å². The van der Waals surface area contributed by atoms with Gasteiger partial charge in [0.25, 0.3) is 10.0 Å². The fraction of sp³-hybridized carbons (Fsp3) is 0.433. The Kier molecular flexibility index (Phi) is 7.39. The van der Waals surface area contributed by atoms with Crippen LogP contribution in [0, 0.1) is 11.3 Å². The molecule has 2 aromatic carbocycles. The summed E-state index contributed by atoms with van der Waals surface area (Å²) in [5.74, 6) is 0.708. The highest BCUT2D eigenvalue weighted by molar-refractivity contribution is 7.93. The monoisotopic (exact) mass is 594 g/mol. The van der Waals surface area contributed by atoms with E-state index in [1.54, 1.807) is 18.2 Å². The number of nitrogens with zero attached hydrogens (tertiary/aromatic N) is 3. The van der Waals surface area contributed by atoms with Crippen LogP contribution >= 0.6 is 0 Å². The van der Waals surface area contributed by atoms with E-state index in [-0.39, 0.29) is 12.2 Å². The molecule has 3 aromatic rings. The topological polar surface area (TPSA) is 159 Å². The fourth-order valence-corrected chi connectivity index (χ4v) is 7.06. The van der Waals surface area contributed by atoms with E-state index in [2.05, 4.69) is 39.8 Å². The molecule has 12 heteroatoms. The van der Waals surface area contributed by atoms with Gasteiger partial charge in [0, 0.05) is 43.5 Å². The third-order valence-corrected chi connectivity index (χ3v) is 9.97. The molecule has 6 atom stereocenters. The average molecular weight is 595 g/mol. The number of nitrogens with one attached hydrogen (secondary N) is 1. The predicted molar refractivity (Wildman–Crippen MR) is 157 cm³/mol. The third kappa shape index (κ3) is 5.22. The van der Waals surface area contributed by atoms with E-state index in [1.807, 2.05) is 18.2 Å². The summed E-state index contributed by atoms with van der Waals surface area (Å²) in [6, 6.07) is 16.5. The molecule has 2 aliphatic heterocycles. The molecule has 1 spiro atoms. The highest BCUT2D eigenvalue weighted by Gasteiger charge is 2.67. The van der Waals surface area contributed by atoms with Crippen molar-refractivity contribution in [1.82, 2.24) is 9.62 Å². The normalized spacial score (nSPS) is 30.5. The summed E-state index contributed by atoms with van der Waals surface area (Å²) in [7, 11) is -2.17. The lowest BCUT2D eigenvalue weighted by molar-refractivity contribution is -0.230. The molecule has 0 bridgehead atoms. The molecular weight excluding hydrogens is 560 g/mol. The molecule has 6 rings (SSSR count). The Labute approximate surface area is 244 Å². The van der Waals surface area contributed by atoms with Crippen molar-refractivity contribution < 1.29 is 32.9 Å². The zero-order valence-corrected chi connectivity index (χ0v) is 24.2. The number of hydrogen-bond donors (Lipinski definition) is 4. The minimum absolute atomic E-state index is 0.0873. The number of hydrogen-bond acceptors (Lipinski definition) is 10. The molecular formula is C30H34N4O7S. The summed E-state index contributed by atoms with van der Waals surface area (Å²) in [6.07, 6.45) is -3.84. The van der Waals surface area contributed by atoms with Crippen molar-refractivity contribution in [3.8, 4) is 17.4 Å².